The van der Waals surface area contributed by atoms with Crippen LogP contribution >= 0.6 is 0 Å². The highest BCUT2D eigenvalue weighted by atomic mass is 32.2. The third kappa shape index (κ3) is 3.64. The first-order chi connectivity index (χ1) is 7.09. The molecule has 1 unspecified atom stereocenters. The van der Waals surface area contributed by atoms with Gasteiger partial charge in [-0.3, -0.25) is 0 Å². The van der Waals surface area contributed by atoms with Gasteiger partial charge in [-0.1, -0.05) is 13.8 Å². The number of nitrogens with one attached hydrogen (secondary N) is 2. The molecule has 6 heteroatoms. The summed E-state index contributed by atoms with van der Waals surface area (Å²) in [6, 6.07) is -0.253. The van der Waals surface area contributed by atoms with Crippen molar-refractivity contribution in [2.45, 2.75) is 32.7 Å². The summed E-state index contributed by atoms with van der Waals surface area (Å²) in [5.41, 5.74) is 0. The van der Waals surface area contributed by atoms with Crippen LogP contribution in [-0.2, 0) is 10.0 Å². The molecule has 86 valence electrons. The van der Waals surface area contributed by atoms with Gasteiger partial charge in [0.2, 0.25) is 10.0 Å². The van der Waals surface area contributed by atoms with E-state index < -0.39 is 10.0 Å². The summed E-state index contributed by atoms with van der Waals surface area (Å²) in [6.45, 7) is 3.76. The van der Waals surface area contributed by atoms with Crippen LogP contribution in [0.1, 0.15) is 38.6 Å². The van der Waals surface area contributed by atoms with Crippen molar-refractivity contribution in [3.8, 4) is 0 Å². The minimum absolute atomic E-state index is 0.157. The average molecular weight is 231 g/mol. The number of H-pyrrole nitrogens is 1. The second-order valence-electron chi connectivity index (χ2n) is 3.37. The Balaban J connectivity index is 2.70. The van der Waals surface area contributed by atoms with Gasteiger partial charge in [-0.25, -0.2) is 18.1 Å². The van der Waals surface area contributed by atoms with Gasteiger partial charge < -0.3 is 4.98 Å². The van der Waals surface area contributed by atoms with Gasteiger partial charge in [0, 0.05) is 12.4 Å². The summed E-state index contributed by atoms with van der Waals surface area (Å²) in [7, 11) is -3.18. The van der Waals surface area contributed by atoms with E-state index in [1.165, 1.54) is 0 Å². The number of aromatic amines is 1. The lowest BCUT2D eigenvalue weighted by Crippen LogP contribution is -2.30. The number of rotatable bonds is 6. The van der Waals surface area contributed by atoms with E-state index in [9.17, 15) is 8.42 Å². The van der Waals surface area contributed by atoms with Crippen LogP contribution in [0.2, 0.25) is 0 Å². The van der Waals surface area contributed by atoms with Crippen LogP contribution in [0, 0.1) is 0 Å². The molecule has 0 amide bonds. The van der Waals surface area contributed by atoms with E-state index in [0.29, 0.717) is 18.7 Å². The van der Waals surface area contributed by atoms with Crippen molar-refractivity contribution < 1.29 is 8.42 Å². The molecule has 0 saturated carbocycles. The zero-order valence-corrected chi connectivity index (χ0v) is 9.84. The molecule has 15 heavy (non-hydrogen) atoms. The number of nitrogens with zero attached hydrogens (tertiary/aromatic N) is 1. The van der Waals surface area contributed by atoms with Crippen molar-refractivity contribution in [1.82, 2.24) is 14.7 Å². The molecule has 0 saturated heterocycles. The highest BCUT2D eigenvalue weighted by Gasteiger charge is 2.18. The van der Waals surface area contributed by atoms with E-state index in [4.69, 9.17) is 0 Å². The fourth-order valence-electron chi connectivity index (χ4n) is 1.34. The highest BCUT2D eigenvalue weighted by molar-refractivity contribution is 7.89. The Morgan fingerprint density at radius 1 is 1.53 bits per heavy atom. The monoisotopic (exact) mass is 231 g/mol. The molecule has 5 nitrogen and oxygen atoms in total. The SMILES string of the molecule is CCCS(=O)(=O)NC(CC)c1ncc[nH]1. The predicted octanol–water partition coefficient (Wildman–Crippen LogP) is 1.19. The normalized spacial score (nSPS) is 14.0. The van der Waals surface area contributed by atoms with Gasteiger partial charge in [-0.05, 0) is 12.8 Å². The van der Waals surface area contributed by atoms with Crippen LogP contribution in [0.5, 0.6) is 0 Å². The molecule has 0 fully saturated rings. The second-order valence-corrected chi connectivity index (χ2v) is 5.25. The Morgan fingerprint density at radius 2 is 2.27 bits per heavy atom. The van der Waals surface area contributed by atoms with Gasteiger partial charge in [-0.2, -0.15) is 0 Å². The fraction of sp³-hybridized carbons (Fsp3) is 0.667. The Bertz CT molecular complexity index is 372. The van der Waals surface area contributed by atoms with Gasteiger partial charge >= 0.3 is 0 Å². The topological polar surface area (TPSA) is 74.8 Å². The minimum Gasteiger partial charge on any atom is -0.347 e. The second kappa shape index (κ2) is 5.27. The first-order valence-electron chi connectivity index (χ1n) is 5.08. The van der Waals surface area contributed by atoms with Crippen LogP contribution in [0.3, 0.4) is 0 Å². The van der Waals surface area contributed by atoms with Crippen LogP contribution in [-0.4, -0.2) is 24.1 Å². The van der Waals surface area contributed by atoms with E-state index in [1.54, 1.807) is 12.4 Å². The number of imidazole rings is 1. The standard InChI is InChI=1S/C9H17N3O2S/c1-3-7-15(13,14)12-8(4-2)9-10-5-6-11-9/h5-6,8,12H,3-4,7H2,1-2H3,(H,10,11). The molecule has 2 N–H and O–H groups in total. The van der Waals surface area contributed by atoms with Crippen molar-refractivity contribution in [3.05, 3.63) is 18.2 Å². The maximum absolute atomic E-state index is 11.5. The maximum Gasteiger partial charge on any atom is 0.212 e. The molecule has 1 atom stereocenters. The van der Waals surface area contributed by atoms with Gasteiger partial charge in [0.05, 0.1) is 11.8 Å². The van der Waals surface area contributed by atoms with Crippen molar-refractivity contribution >= 4 is 10.0 Å². The smallest absolute Gasteiger partial charge is 0.212 e. The molecule has 0 bridgehead atoms. The lowest BCUT2D eigenvalue weighted by atomic mass is 10.2. The van der Waals surface area contributed by atoms with Crippen molar-refractivity contribution in [3.63, 3.8) is 0 Å². The Labute approximate surface area is 90.4 Å². The van der Waals surface area contributed by atoms with Crippen LogP contribution in [0.15, 0.2) is 12.4 Å². The summed E-state index contributed by atoms with van der Waals surface area (Å²) < 4.78 is 25.7. The van der Waals surface area contributed by atoms with E-state index in [2.05, 4.69) is 14.7 Å². The van der Waals surface area contributed by atoms with Gasteiger partial charge in [0.25, 0.3) is 0 Å². The molecule has 1 heterocycles. The average Bonchev–Trinajstić information content (AvgIpc) is 2.67. The zero-order chi connectivity index (χ0) is 11.3. The zero-order valence-electron chi connectivity index (χ0n) is 9.03. The van der Waals surface area contributed by atoms with Crippen molar-refractivity contribution in [1.29, 1.82) is 0 Å². The van der Waals surface area contributed by atoms with E-state index >= 15 is 0 Å². The molecule has 0 aliphatic carbocycles. The fourth-order valence-corrected chi connectivity index (χ4v) is 2.71. The first-order valence-corrected chi connectivity index (χ1v) is 6.73. The molecular formula is C9H17N3O2S. The summed E-state index contributed by atoms with van der Waals surface area (Å²) in [6.07, 6.45) is 4.60. The molecule has 1 aromatic heterocycles. The molecule has 0 spiro atoms. The van der Waals surface area contributed by atoms with Gasteiger partial charge in [0.15, 0.2) is 0 Å². The van der Waals surface area contributed by atoms with E-state index in [1.807, 2.05) is 13.8 Å². The van der Waals surface area contributed by atoms with Crippen molar-refractivity contribution in [2.24, 2.45) is 0 Å². The van der Waals surface area contributed by atoms with Crippen LogP contribution < -0.4 is 4.72 Å². The summed E-state index contributed by atoms with van der Waals surface area (Å²) in [4.78, 5) is 6.96. The Morgan fingerprint density at radius 3 is 2.73 bits per heavy atom. The molecular weight excluding hydrogens is 214 g/mol. The van der Waals surface area contributed by atoms with Gasteiger partial charge in [-0.15, -0.1) is 0 Å². The number of hydrogen-bond donors (Lipinski definition) is 2. The molecule has 0 aliphatic rings. The molecule has 0 aromatic carbocycles. The summed E-state index contributed by atoms with van der Waals surface area (Å²) in [5, 5.41) is 0. The summed E-state index contributed by atoms with van der Waals surface area (Å²) >= 11 is 0. The predicted molar refractivity (Wildman–Crippen MR) is 58.8 cm³/mol. The van der Waals surface area contributed by atoms with Crippen molar-refractivity contribution in [2.75, 3.05) is 5.75 Å². The molecule has 1 rings (SSSR count). The quantitative estimate of drug-likeness (QED) is 0.772. The molecule has 1 aromatic rings. The Hall–Kier alpha value is -0.880. The van der Waals surface area contributed by atoms with Gasteiger partial charge in [0.1, 0.15) is 5.82 Å². The molecule has 0 aliphatic heterocycles. The summed E-state index contributed by atoms with van der Waals surface area (Å²) in [5.74, 6) is 0.821. The number of sulfonamides is 1. The largest absolute Gasteiger partial charge is 0.347 e. The first kappa shape index (κ1) is 12.2. The third-order valence-corrected chi connectivity index (χ3v) is 3.64. The minimum atomic E-state index is -3.18. The molecule has 0 radical (unpaired) electrons. The third-order valence-electron chi connectivity index (χ3n) is 2.05. The number of aromatic nitrogens is 2. The van der Waals surface area contributed by atoms with E-state index in [0.717, 1.165) is 0 Å². The van der Waals surface area contributed by atoms with Crippen LogP contribution in [0.25, 0.3) is 0 Å². The lowest BCUT2D eigenvalue weighted by Gasteiger charge is -2.14. The lowest BCUT2D eigenvalue weighted by molar-refractivity contribution is 0.538. The number of hydrogen-bond acceptors (Lipinski definition) is 3. The van der Waals surface area contributed by atoms with E-state index in [-0.39, 0.29) is 11.8 Å². The highest BCUT2D eigenvalue weighted by Crippen LogP contribution is 2.12. The maximum atomic E-state index is 11.5. The Kier molecular flexibility index (Phi) is 4.28. The van der Waals surface area contributed by atoms with Crippen LogP contribution in [0.4, 0.5) is 0 Å².